The third-order valence-corrected chi connectivity index (χ3v) is 4.26. The van der Waals surface area contributed by atoms with Gasteiger partial charge in [0.2, 0.25) is 0 Å². The van der Waals surface area contributed by atoms with Crippen LogP contribution in [0.3, 0.4) is 0 Å². The van der Waals surface area contributed by atoms with Crippen molar-refractivity contribution in [2.24, 2.45) is 0 Å². The number of hydrogen-bond acceptors (Lipinski definition) is 3. The Morgan fingerprint density at radius 1 is 1.60 bits per heavy atom. The highest BCUT2D eigenvalue weighted by molar-refractivity contribution is 7.09. The van der Waals surface area contributed by atoms with E-state index < -0.39 is 0 Å². The predicted octanol–water partition coefficient (Wildman–Crippen LogP) is 3.18. The van der Waals surface area contributed by atoms with E-state index in [9.17, 15) is 4.79 Å². The molecule has 20 heavy (non-hydrogen) atoms. The minimum Gasteiger partial charge on any atom is -0.328 e. The van der Waals surface area contributed by atoms with Gasteiger partial charge in [0.15, 0.2) is 0 Å². The van der Waals surface area contributed by atoms with E-state index in [0.29, 0.717) is 24.7 Å². The summed E-state index contributed by atoms with van der Waals surface area (Å²) in [6, 6.07) is 5.93. The standard InChI is InChI=1S/C15H17N3OS/c1-2-7-18(10-12-4-3-8-20-12)15(19)14-9-13(16-17-14)11-5-6-11/h2-4,8-9,11H,1,5-7,10H2,(H,16,17). The normalized spacial score (nSPS) is 14.2. The van der Waals surface area contributed by atoms with Crippen LogP contribution < -0.4 is 0 Å². The predicted molar refractivity (Wildman–Crippen MR) is 79.8 cm³/mol. The van der Waals surface area contributed by atoms with E-state index in [2.05, 4.69) is 16.8 Å². The summed E-state index contributed by atoms with van der Waals surface area (Å²) >= 11 is 1.65. The zero-order valence-corrected chi connectivity index (χ0v) is 12.0. The quantitative estimate of drug-likeness (QED) is 0.830. The van der Waals surface area contributed by atoms with Gasteiger partial charge in [0.1, 0.15) is 5.69 Å². The highest BCUT2D eigenvalue weighted by atomic mass is 32.1. The van der Waals surface area contributed by atoms with Crippen LogP contribution in [-0.4, -0.2) is 27.5 Å². The van der Waals surface area contributed by atoms with Crippen LogP contribution in [0.4, 0.5) is 0 Å². The summed E-state index contributed by atoms with van der Waals surface area (Å²) in [5.41, 5.74) is 1.59. The fourth-order valence-corrected chi connectivity index (χ4v) is 2.90. The molecule has 1 fully saturated rings. The van der Waals surface area contributed by atoms with E-state index in [-0.39, 0.29) is 5.91 Å². The summed E-state index contributed by atoms with van der Waals surface area (Å²) < 4.78 is 0. The second kappa shape index (κ2) is 5.63. The largest absolute Gasteiger partial charge is 0.328 e. The minimum absolute atomic E-state index is 0.0403. The van der Waals surface area contributed by atoms with Crippen LogP contribution >= 0.6 is 11.3 Å². The van der Waals surface area contributed by atoms with Gasteiger partial charge in [-0.2, -0.15) is 5.10 Å². The molecule has 0 atom stereocenters. The van der Waals surface area contributed by atoms with E-state index >= 15 is 0 Å². The molecule has 0 spiro atoms. The maximum Gasteiger partial charge on any atom is 0.274 e. The molecule has 0 radical (unpaired) electrons. The van der Waals surface area contributed by atoms with E-state index in [1.54, 1.807) is 22.3 Å². The SMILES string of the molecule is C=CCN(Cc1cccs1)C(=O)c1cc(C2CC2)[nH]n1. The van der Waals surface area contributed by atoms with Gasteiger partial charge in [0.25, 0.3) is 5.91 Å². The minimum atomic E-state index is -0.0403. The van der Waals surface area contributed by atoms with Gasteiger partial charge in [-0.15, -0.1) is 17.9 Å². The van der Waals surface area contributed by atoms with Gasteiger partial charge >= 0.3 is 0 Å². The molecule has 1 aliphatic rings. The molecule has 1 amide bonds. The van der Waals surface area contributed by atoms with E-state index in [0.717, 1.165) is 10.6 Å². The van der Waals surface area contributed by atoms with Crippen molar-refractivity contribution in [1.29, 1.82) is 0 Å². The number of nitrogens with one attached hydrogen (secondary N) is 1. The summed E-state index contributed by atoms with van der Waals surface area (Å²) in [6.45, 7) is 4.87. The lowest BCUT2D eigenvalue weighted by Gasteiger charge is -2.19. The molecule has 1 saturated carbocycles. The lowest BCUT2D eigenvalue weighted by Crippen LogP contribution is -2.30. The van der Waals surface area contributed by atoms with Crippen LogP contribution in [0.15, 0.2) is 36.2 Å². The number of aromatic nitrogens is 2. The third-order valence-electron chi connectivity index (χ3n) is 3.40. The first-order valence-corrected chi connectivity index (χ1v) is 7.63. The molecule has 2 aromatic heterocycles. The Bertz CT molecular complexity index is 598. The number of carbonyl (C=O) groups is 1. The molecule has 5 heteroatoms. The van der Waals surface area contributed by atoms with Crippen molar-refractivity contribution in [3.8, 4) is 0 Å². The molecule has 2 heterocycles. The molecular weight excluding hydrogens is 270 g/mol. The van der Waals surface area contributed by atoms with Crippen molar-refractivity contribution in [1.82, 2.24) is 15.1 Å². The maximum atomic E-state index is 12.5. The smallest absolute Gasteiger partial charge is 0.274 e. The van der Waals surface area contributed by atoms with Crippen molar-refractivity contribution < 1.29 is 4.79 Å². The average molecular weight is 287 g/mol. The summed E-state index contributed by atoms with van der Waals surface area (Å²) in [6.07, 6.45) is 4.14. The second-order valence-electron chi connectivity index (χ2n) is 5.04. The fraction of sp³-hybridized carbons (Fsp3) is 0.333. The van der Waals surface area contributed by atoms with Crippen LogP contribution in [0, 0.1) is 0 Å². The Labute approximate surface area is 122 Å². The highest BCUT2D eigenvalue weighted by Crippen LogP contribution is 2.39. The van der Waals surface area contributed by atoms with Gasteiger partial charge in [0.05, 0.1) is 6.54 Å². The molecule has 2 aromatic rings. The summed E-state index contributed by atoms with van der Waals surface area (Å²) in [7, 11) is 0. The first kappa shape index (κ1) is 13.1. The van der Waals surface area contributed by atoms with Crippen LogP contribution in [0.2, 0.25) is 0 Å². The number of hydrogen-bond donors (Lipinski definition) is 1. The van der Waals surface area contributed by atoms with Crippen molar-refractivity contribution >= 4 is 17.2 Å². The van der Waals surface area contributed by atoms with Gasteiger partial charge in [-0.3, -0.25) is 9.89 Å². The number of amides is 1. The second-order valence-corrected chi connectivity index (χ2v) is 6.07. The summed E-state index contributed by atoms with van der Waals surface area (Å²) in [5.74, 6) is 0.538. The molecule has 0 bridgehead atoms. The summed E-state index contributed by atoms with van der Waals surface area (Å²) in [5, 5.41) is 9.17. The van der Waals surface area contributed by atoms with Gasteiger partial charge in [-0.05, 0) is 30.4 Å². The maximum absolute atomic E-state index is 12.5. The third kappa shape index (κ3) is 2.82. The Balaban J connectivity index is 1.74. The van der Waals surface area contributed by atoms with Gasteiger partial charge in [-0.1, -0.05) is 12.1 Å². The molecule has 3 rings (SSSR count). The number of rotatable bonds is 6. The summed E-state index contributed by atoms with van der Waals surface area (Å²) in [4.78, 5) is 15.5. The fourth-order valence-electron chi connectivity index (χ4n) is 2.18. The van der Waals surface area contributed by atoms with Crippen LogP contribution in [0.1, 0.15) is 39.8 Å². The first-order valence-electron chi connectivity index (χ1n) is 6.76. The van der Waals surface area contributed by atoms with Gasteiger partial charge in [0, 0.05) is 23.0 Å². The molecule has 104 valence electrons. The van der Waals surface area contributed by atoms with Crippen molar-refractivity contribution in [3.63, 3.8) is 0 Å². The number of H-pyrrole nitrogens is 1. The Morgan fingerprint density at radius 3 is 3.10 bits per heavy atom. The van der Waals surface area contributed by atoms with E-state index in [1.807, 2.05) is 23.6 Å². The van der Waals surface area contributed by atoms with Crippen LogP contribution in [0.5, 0.6) is 0 Å². The zero-order valence-electron chi connectivity index (χ0n) is 11.2. The van der Waals surface area contributed by atoms with E-state index in [4.69, 9.17) is 0 Å². The average Bonchev–Trinajstić information content (AvgIpc) is 2.98. The van der Waals surface area contributed by atoms with Gasteiger partial charge < -0.3 is 4.90 Å². The number of nitrogens with zero attached hydrogens (tertiary/aromatic N) is 2. The molecule has 0 aliphatic heterocycles. The van der Waals surface area contributed by atoms with Crippen molar-refractivity contribution in [3.05, 3.63) is 52.5 Å². The van der Waals surface area contributed by atoms with Gasteiger partial charge in [-0.25, -0.2) is 0 Å². The van der Waals surface area contributed by atoms with Crippen LogP contribution in [-0.2, 0) is 6.54 Å². The zero-order chi connectivity index (χ0) is 13.9. The Hall–Kier alpha value is -1.88. The molecule has 0 aromatic carbocycles. The first-order chi connectivity index (χ1) is 9.78. The number of aromatic amines is 1. The molecule has 0 unspecified atom stereocenters. The van der Waals surface area contributed by atoms with Crippen molar-refractivity contribution in [2.75, 3.05) is 6.54 Å². The Kier molecular flexibility index (Phi) is 3.69. The monoisotopic (exact) mass is 287 g/mol. The molecule has 4 nitrogen and oxygen atoms in total. The highest BCUT2D eigenvalue weighted by Gasteiger charge is 2.27. The number of carbonyl (C=O) groups excluding carboxylic acids is 1. The molecular formula is C15H17N3OS. The Morgan fingerprint density at radius 2 is 2.45 bits per heavy atom. The molecule has 0 saturated heterocycles. The van der Waals surface area contributed by atoms with Crippen molar-refractivity contribution in [2.45, 2.75) is 25.3 Å². The molecule has 1 aliphatic carbocycles. The topological polar surface area (TPSA) is 49.0 Å². The van der Waals surface area contributed by atoms with Crippen LogP contribution in [0.25, 0.3) is 0 Å². The lowest BCUT2D eigenvalue weighted by atomic mass is 10.2. The molecule has 1 N–H and O–H groups in total. The number of thiophene rings is 1. The van der Waals surface area contributed by atoms with E-state index in [1.165, 1.54) is 12.8 Å². The lowest BCUT2D eigenvalue weighted by molar-refractivity contribution is 0.0758.